The molecular formula is C29H27N3O3. The molecule has 0 atom stereocenters. The average molecular weight is 466 g/mol. The molecule has 2 aromatic carbocycles. The number of benzene rings is 2. The molecule has 0 spiro atoms. The number of hydrogen-bond donors (Lipinski definition) is 2. The van der Waals surface area contributed by atoms with Gasteiger partial charge in [0.25, 0.3) is 5.91 Å². The van der Waals surface area contributed by atoms with Crippen LogP contribution in [-0.4, -0.2) is 30.1 Å². The molecule has 0 saturated carbocycles. The molecule has 0 fully saturated rings. The van der Waals surface area contributed by atoms with E-state index in [1.165, 1.54) is 40.4 Å². The fraction of sp³-hybridized carbons (Fsp3) is 0.241. The van der Waals surface area contributed by atoms with Crippen LogP contribution < -0.4 is 14.8 Å². The van der Waals surface area contributed by atoms with Crippen LogP contribution in [0, 0.1) is 0 Å². The lowest BCUT2D eigenvalue weighted by molar-refractivity contribution is -0.110. The van der Waals surface area contributed by atoms with Crippen molar-refractivity contribution in [2.75, 3.05) is 19.5 Å². The lowest BCUT2D eigenvalue weighted by atomic mass is 9.91. The number of rotatable bonds is 5. The van der Waals surface area contributed by atoms with Crippen LogP contribution in [0.25, 0.3) is 22.4 Å². The maximum Gasteiger partial charge on any atom is 0.256 e. The van der Waals surface area contributed by atoms with Crippen LogP contribution in [0.2, 0.25) is 0 Å². The first-order valence-corrected chi connectivity index (χ1v) is 12.0. The number of amides is 1. The summed E-state index contributed by atoms with van der Waals surface area (Å²) in [5.41, 5.74) is 8.09. The van der Waals surface area contributed by atoms with Gasteiger partial charge in [0, 0.05) is 41.0 Å². The highest BCUT2D eigenvalue weighted by Gasteiger charge is 2.28. The van der Waals surface area contributed by atoms with Crippen molar-refractivity contribution < 1.29 is 14.3 Å². The third kappa shape index (κ3) is 3.66. The number of nitrogens with one attached hydrogen (secondary N) is 2. The summed E-state index contributed by atoms with van der Waals surface area (Å²) in [5, 5.41) is 5.33. The Hall–Kier alpha value is -4.06. The molecule has 6 rings (SSSR count). The fourth-order valence-corrected chi connectivity index (χ4v) is 5.40. The number of aromatic amines is 1. The van der Waals surface area contributed by atoms with E-state index >= 15 is 0 Å². The number of anilines is 1. The molecule has 1 aliphatic heterocycles. The third-order valence-corrected chi connectivity index (χ3v) is 7.14. The van der Waals surface area contributed by atoms with E-state index in [0.29, 0.717) is 23.5 Å². The second kappa shape index (κ2) is 8.62. The normalized spacial score (nSPS) is 15.7. The number of aryl methyl sites for hydroxylation is 1. The van der Waals surface area contributed by atoms with Crippen LogP contribution in [0.4, 0.5) is 5.69 Å². The van der Waals surface area contributed by atoms with Crippen LogP contribution in [0.5, 0.6) is 11.5 Å². The van der Waals surface area contributed by atoms with Gasteiger partial charge in [0.15, 0.2) is 11.5 Å². The van der Waals surface area contributed by atoms with E-state index in [2.05, 4.69) is 40.6 Å². The molecule has 1 aliphatic carbocycles. The van der Waals surface area contributed by atoms with Crippen LogP contribution in [0.15, 0.2) is 48.7 Å². The van der Waals surface area contributed by atoms with Gasteiger partial charge in [-0.3, -0.25) is 9.78 Å². The van der Waals surface area contributed by atoms with Crippen molar-refractivity contribution in [2.45, 2.75) is 32.1 Å². The highest BCUT2D eigenvalue weighted by molar-refractivity contribution is 6.35. The molecule has 2 aliphatic rings. The van der Waals surface area contributed by atoms with Gasteiger partial charge in [0.05, 0.1) is 31.2 Å². The molecule has 6 nitrogen and oxygen atoms in total. The van der Waals surface area contributed by atoms with Crippen molar-refractivity contribution in [3.63, 3.8) is 0 Å². The smallest absolute Gasteiger partial charge is 0.256 e. The summed E-state index contributed by atoms with van der Waals surface area (Å²) in [5.74, 6) is 1.06. The van der Waals surface area contributed by atoms with Gasteiger partial charge in [0.1, 0.15) is 0 Å². The predicted octanol–water partition coefficient (Wildman–Crippen LogP) is 5.54. The number of carbonyl (C=O) groups is 1. The van der Waals surface area contributed by atoms with E-state index in [9.17, 15) is 4.79 Å². The quantitative estimate of drug-likeness (QED) is 0.379. The van der Waals surface area contributed by atoms with Gasteiger partial charge in [-0.15, -0.1) is 0 Å². The largest absolute Gasteiger partial charge is 0.493 e. The van der Waals surface area contributed by atoms with Crippen LogP contribution in [0.3, 0.4) is 0 Å². The van der Waals surface area contributed by atoms with Gasteiger partial charge >= 0.3 is 0 Å². The molecule has 176 valence electrons. The Bertz CT molecular complexity index is 1490. The molecular weight excluding hydrogens is 438 g/mol. The first-order valence-electron chi connectivity index (χ1n) is 12.0. The second-order valence-corrected chi connectivity index (χ2v) is 9.10. The molecule has 3 heterocycles. The predicted molar refractivity (Wildman–Crippen MR) is 138 cm³/mol. The van der Waals surface area contributed by atoms with Crippen molar-refractivity contribution in [1.82, 2.24) is 9.97 Å². The van der Waals surface area contributed by atoms with Crippen LogP contribution in [0.1, 0.15) is 46.6 Å². The van der Waals surface area contributed by atoms with E-state index in [-0.39, 0.29) is 5.91 Å². The lowest BCUT2D eigenvalue weighted by Crippen LogP contribution is -2.04. The fourth-order valence-electron chi connectivity index (χ4n) is 5.40. The first kappa shape index (κ1) is 21.5. The number of pyridine rings is 1. The summed E-state index contributed by atoms with van der Waals surface area (Å²) < 4.78 is 10.9. The number of fused-ring (bicyclic) bond motifs is 3. The van der Waals surface area contributed by atoms with Crippen molar-refractivity contribution in [3.05, 3.63) is 82.4 Å². The Morgan fingerprint density at radius 1 is 1.03 bits per heavy atom. The number of aromatic nitrogens is 2. The second-order valence-electron chi connectivity index (χ2n) is 9.10. The Morgan fingerprint density at radius 2 is 1.83 bits per heavy atom. The number of ether oxygens (including phenoxy) is 2. The molecule has 0 bridgehead atoms. The zero-order chi connectivity index (χ0) is 23.9. The van der Waals surface area contributed by atoms with E-state index in [1.54, 1.807) is 14.2 Å². The van der Waals surface area contributed by atoms with Gasteiger partial charge in [-0.25, -0.2) is 0 Å². The Balaban J connectivity index is 1.49. The number of carbonyl (C=O) groups excluding carboxylic acids is 1. The van der Waals surface area contributed by atoms with Crippen LogP contribution >= 0.6 is 0 Å². The third-order valence-electron chi connectivity index (χ3n) is 7.14. The number of nitrogens with zero attached hydrogens (tertiary/aromatic N) is 1. The minimum Gasteiger partial charge on any atom is -0.493 e. The summed E-state index contributed by atoms with van der Waals surface area (Å²) >= 11 is 0. The molecule has 0 unspecified atom stereocenters. The standard InChI is InChI=1S/C29H27N3O3/c1-34-27-15-21-22(29(33)32-26(21)16-28(27)35-2)14-25-20(19-9-5-6-10-23(19)31-25)13-24-18-8-4-3-7-17(18)11-12-30-24/h3-4,7-8,11-12,14-16,31H,5-6,9-10,13H2,1-2H3,(H,32,33). The summed E-state index contributed by atoms with van der Waals surface area (Å²) in [6.45, 7) is 0. The lowest BCUT2D eigenvalue weighted by Gasteiger charge is -2.13. The topological polar surface area (TPSA) is 76.2 Å². The SMILES string of the molecule is COc1cc2c(cc1OC)C(=Cc1[nH]c3c(c1Cc1nccc4ccccc14)CCCC3)C(=O)N2. The maximum absolute atomic E-state index is 13.0. The van der Waals surface area contributed by atoms with Crippen LogP contribution in [-0.2, 0) is 24.1 Å². The summed E-state index contributed by atoms with van der Waals surface area (Å²) in [7, 11) is 3.20. The molecule has 2 aromatic heterocycles. The molecule has 1 amide bonds. The molecule has 4 aromatic rings. The minimum absolute atomic E-state index is 0.128. The van der Waals surface area contributed by atoms with E-state index in [4.69, 9.17) is 14.5 Å². The molecule has 0 radical (unpaired) electrons. The number of hydrogen-bond acceptors (Lipinski definition) is 4. The highest BCUT2D eigenvalue weighted by Crippen LogP contribution is 2.42. The van der Waals surface area contributed by atoms with Gasteiger partial charge in [0.2, 0.25) is 0 Å². The highest BCUT2D eigenvalue weighted by atomic mass is 16.5. The molecule has 2 N–H and O–H groups in total. The summed E-state index contributed by atoms with van der Waals surface area (Å²) in [4.78, 5) is 21.4. The number of methoxy groups -OCH3 is 2. The monoisotopic (exact) mass is 465 g/mol. The zero-order valence-corrected chi connectivity index (χ0v) is 19.9. The van der Waals surface area contributed by atoms with E-state index in [0.717, 1.165) is 35.5 Å². The maximum atomic E-state index is 13.0. The van der Waals surface area contributed by atoms with Gasteiger partial charge in [-0.1, -0.05) is 24.3 Å². The van der Waals surface area contributed by atoms with E-state index in [1.807, 2.05) is 24.4 Å². The van der Waals surface area contributed by atoms with Crippen molar-refractivity contribution in [1.29, 1.82) is 0 Å². The zero-order valence-electron chi connectivity index (χ0n) is 19.9. The minimum atomic E-state index is -0.128. The first-order chi connectivity index (χ1) is 17.2. The van der Waals surface area contributed by atoms with E-state index < -0.39 is 0 Å². The van der Waals surface area contributed by atoms with Gasteiger partial charge in [-0.2, -0.15) is 0 Å². The molecule has 6 heteroatoms. The Labute approximate surface area is 204 Å². The van der Waals surface area contributed by atoms with Crippen molar-refractivity contribution in [2.24, 2.45) is 0 Å². The van der Waals surface area contributed by atoms with Gasteiger partial charge < -0.3 is 19.8 Å². The van der Waals surface area contributed by atoms with Gasteiger partial charge in [-0.05, 0) is 60.4 Å². The number of H-pyrrole nitrogens is 1. The average Bonchev–Trinajstić information content (AvgIpc) is 3.39. The van der Waals surface area contributed by atoms with Crippen molar-refractivity contribution >= 4 is 34.0 Å². The molecule has 35 heavy (non-hydrogen) atoms. The summed E-state index contributed by atoms with van der Waals surface area (Å²) in [6.07, 6.45) is 9.02. The summed E-state index contributed by atoms with van der Waals surface area (Å²) in [6, 6.07) is 14.1. The Kier molecular flexibility index (Phi) is 5.29. The Morgan fingerprint density at radius 3 is 2.69 bits per heavy atom. The molecule has 0 saturated heterocycles. The van der Waals surface area contributed by atoms with Crippen molar-refractivity contribution in [3.8, 4) is 11.5 Å².